The van der Waals surface area contributed by atoms with Crippen LogP contribution < -0.4 is 5.19 Å². The molecule has 0 spiro atoms. The van der Waals surface area contributed by atoms with Gasteiger partial charge in [-0.25, -0.2) is 0 Å². The van der Waals surface area contributed by atoms with E-state index in [1.165, 1.54) is 16.3 Å². The molecule has 4 heteroatoms. The van der Waals surface area contributed by atoms with E-state index in [4.69, 9.17) is 16.3 Å². The molecule has 1 unspecified atom stereocenters. The van der Waals surface area contributed by atoms with Crippen molar-refractivity contribution in [2.75, 3.05) is 6.61 Å². The fourth-order valence-corrected chi connectivity index (χ4v) is 6.48. The van der Waals surface area contributed by atoms with E-state index in [0.717, 1.165) is 22.3 Å². The first-order valence-electron chi connectivity index (χ1n) is 8.62. The van der Waals surface area contributed by atoms with Crippen LogP contribution in [0.5, 0.6) is 0 Å². The molecule has 0 fully saturated rings. The van der Waals surface area contributed by atoms with Crippen LogP contribution in [0.25, 0.3) is 11.1 Å². The van der Waals surface area contributed by atoms with Gasteiger partial charge in [-0.15, -0.1) is 0 Å². The Morgan fingerprint density at radius 2 is 1.88 bits per heavy atom. The van der Waals surface area contributed by atoms with E-state index in [1.54, 1.807) is 5.54 Å². The molecule has 0 amide bonds. The number of hydrogen-bond donors (Lipinski definition) is 0. The van der Waals surface area contributed by atoms with Gasteiger partial charge in [-0.05, 0) is 33.5 Å². The summed E-state index contributed by atoms with van der Waals surface area (Å²) in [6.45, 7) is 8.13. The Bertz CT molecular complexity index is 909. The number of carbonyl (C=O) groups excluding carboxylic acids is 1. The molecule has 2 aliphatic rings. The van der Waals surface area contributed by atoms with Crippen LogP contribution in [0.2, 0.25) is 19.6 Å². The fraction of sp³-hybridized carbons (Fsp3) is 0.286. The molecular weight excluding hydrogens is 348 g/mol. The van der Waals surface area contributed by atoms with Gasteiger partial charge in [0, 0.05) is 22.6 Å². The smallest absolute Gasteiger partial charge is 0.194 e. The van der Waals surface area contributed by atoms with Gasteiger partial charge in [0.1, 0.15) is 0 Å². The zero-order valence-corrected chi connectivity index (χ0v) is 16.5. The number of ketones is 1. The van der Waals surface area contributed by atoms with Gasteiger partial charge < -0.3 is 4.74 Å². The molecule has 25 heavy (non-hydrogen) atoms. The first-order chi connectivity index (χ1) is 11.9. The quantitative estimate of drug-likeness (QED) is 0.607. The fourth-order valence-electron chi connectivity index (χ4n) is 4.18. The molecule has 2 aromatic carbocycles. The van der Waals surface area contributed by atoms with Crippen molar-refractivity contribution in [1.29, 1.82) is 0 Å². The maximum absolute atomic E-state index is 13.2. The van der Waals surface area contributed by atoms with Crippen LogP contribution in [0.1, 0.15) is 33.0 Å². The van der Waals surface area contributed by atoms with Crippen molar-refractivity contribution in [2.24, 2.45) is 0 Å². The summed E-state index contributed by atoms with van der Waals surface area (Å²) >= 11 is 5.87. The second-order valence-corrected chi connectivity index (χ2v) is 13.1. The van der Waals surface area contributed by atoms with Crippen molar-refractivity contribution in [3.05, 3.63) is 64.2 Å². The molecule has 0 saturated carbocycles. The van der Waals surface area contributed by atoms with Gasteiger partial charge in [0.25, 0.3) is 0 Å². The van der Waals surface area contributed by atoms with Crippen molar-refractivity contribution in [3.8, 4) is 11.1 Å². The molecule has 1 heterocycles. The third kappa shape index (κ3) is 2.53. The molecule has 128 valence electrons. The summed E-state index contributed by atoms with van der Waals surface area (Å²) in [5.41, 5.74) is 7.94. The topological polar surface area (TPSA) is 26.3 Å². The number of rotatable bonds is 2. The van der Waals surface area contributed by atoms with E-state index in [2.05, 4.69) is 31.8 Å². The van der Waals surface area contributed by atoms with Crippen molar-refractivity contribution >= 4 is 30.6 Å². The van der Waals surface area contributed by atoms with Crippen molar-refractivity contribution in [2.45, 2.75) is 32.2 Å². The maximum Gasteiger partial charge on any atom is 0.194 e. The zero-order valence-electron chi connectivity index (χ0n) is 14.7. The molecule has 2 nitrogen and oxygen atoms in total. The molecule has 0 aromatic heterocycles. The van der Waals surface area contributed by atoms with Crippen LogP contribution >= 0.6 is 11.6 Å². The zero-order chi connectivity index (χ0) is 17.8. The van der Waals surface area contributed by atoms with Gasteiger partial charge in [0.2, 0.25) is 0 Å². The number of hydrogen-bond acceptors (Lipinski definition) is 2. The van der Waals surface area contributed by atoms with Gasteiger partial charge in [-0.1, -0.05) is 61.6 Å². The number of carbonyl (C=O) groups is 1. The molecule has 1 aliphatic carbocycles. The summed E-state index contributed by atoms with van der Waals surface area (Å²) in [5, 5.41) is 1.26. The van der Waals surface area contributed by atoms with Crippen LogP contribution in [0.4, 0.5) is 0 Å². The highest BCUT2D eigenvalue weighted by Gasteiger charge is 2.38. The second kappa shape index (κ2) is 5.94. The standard InChI is InChI=1S/C21H21ClO2Si/c1-25(2,3)21-18-12-24-11-13(8-9-22)16(18)10-17-14-6-4-5-7-15(14)20(23)19(17)21/h4-10,13H,11-12H2,1-3H3. The minimum absolute atomic E-state index is 0.143. The van der Waals surface area contributed by atoms with Crippen LogP contribution in [-0.4, -0.2) is 20.5 Å². The summed E-state index contributed by atoms with van der Waals surface area (Å²) in [5.74, 6) is 0.311. The Labute approximate surface area is 154 Å². The van der Waals surface area contributed by atoms with Gasteiger partial charge in [-0.2, -0.15) is 0 Å². The Morgan fingerprint density at radius 3 is 2.56 bits per heavy atom. The number of halogens is 1. The highest BCUT2D eigenvalue weighted by molar-refractivity contribution is 6.90. The summed E-state index contributed by atoms with van der Waals surface area (Å²) in [6, 6.07) is 10.2. The average Bonchev–Trinajstić information content (AvgIpc) is 2.86. The molecule has 0 bridgehead atoms. The van der Waals surface area contributed by atoms with Crippen molar-refractivity contribution in [3.63, 3.8) is 0 Å². The number of ether oxygens (including phenoxy) is 1. The van der Waals surface area contributed by atoms with Gasteiger partial charge in [0.05, 0.1) is 21.3 Å². The SMILES string of the molecule is C[Si](C)(C)c1c2c(cc3c1C(=O)c1ccccc1-3)C(C=CCl)COC2. The first kappa shape index (κ1) is 16.8. The van der Waals surface area contributed by atoms with E-state index in [0.29, 0.717) is 13.2 Å². The van der Waals surface area contributed by atoms with Crippen LogP contribution in [0, 0.1) is 0 Å². The minimum atomic E-state index is -1.76. The van der Waals surface area contributed by atoms with Crippen molar-refractivity contribution in [1.82, 2.24) is 0 Å². The van der Waals surface area contributed by atoms with E-state index in [9.17, 15) is 4.79 Å². The first-order valence-corrected chi connectivity index (χ1v) is 12.6. The normalized spacial score (nSPS) is 19.0. The Balaban J connectivity index is 2.09. The van der Waals surface area contributed by atoms with E-state index < -0.39 is 8.07 Å². The predicted octanol–water partition coefficient (Wildman–Crippen LogP) is 4.81. The lowest BCUT2D eigenvalue weighted by atomic mass is 9.88. The second-order valence-electron chi connectivity index (χ2n) is 7.81. The Hall–Kier alpha value is -1.68. The Kier molecular flexibility index (Phi) is 3.98. The molecule has 1 aliphatic heterocycles. The van der Waals surface area contributed by atoms with Gasteiger partial charge >= 0.3 is 0 Å². The van der Waals surface area contributed by atoms with E-state index >= 15 is 0 Å². The molecule has 0 radical (unpaired) electrons. The number of fused-ring (bicyclic) bond motifs is 4. The lowest BCUT2D eigenvalue weighted by Crippen LogP contribution is -2.45. The molecule has 4 rings (SSSR count). The summed E-state index contributed by atoms with van der Waals surface area (Å²) in [7, 11) is -1.76. The lowest BCUT2D eigenvalue weighted by Gasteiger charge is -2.32. The largest absolute Gasteiger partial charge is 0.376 e. The molecule has 2 aromatic rings. The van der Waals surface area contributed by atoms with Crippen LogP contribution in [0.3, 0.4) is 0 Å². The van der Waals surface area contributed by atoms with Crippen LogP contribution in [0.15, 0.2) is 41.9 Å². The molecule has 0 saturated heterocycles. The third-order valence-electron chi connectivity index (χ3n) is 5.16. The predicted molar refractivity (Wildman–Crippen MR) is 106 cm³/mol. The number of benzene rings is 2. The Morgan fingerprint density at radius 1 is 1.16 bits per heavy atom. The van der Waals surface area contributed by atoms with Crippen molar-refractivity contribution < 1.29 is 9.53 Å². The minimum Gasteiger partial charge on any atom is -0.376 e. The molecule has 1 atom stereocenters. The summed E-state index contributed by atoms with van der Waals surface area (Å²) in [4.78, 5) is 13.2. The maximum atomic E-state index is 13.2. The third-order valence-corrected chi connectivity index (χ3v) is 7.35. The highest BCUT2D eigenvalue weighted by Crippen LogP contribution is 2.41. The lowest BCUT2D eigenvalue weighted by molar-refractivity contribution is 0.101. The summed E-state index contributed by atoms with van der Waals surface area (Å²) < 4.78 is 5.87. The summed E-state index contributed by atoms with van der Waals surface area (Å²) in [6.07, 6.45) is 1.99. The average molecular weight is 369 g/mol. The van der Waals surface area contributed by atoms with Crippen LogP contribution in [-0.2, 0) is 11.3 Å². The van der Waals surface area contributed by atoms with E-state index in [-0.39, 0.29) is 11.7 Å². The van der Waals surface area contributed by atoms with Gasteiger partial charge in [-0.3, -0.25) is 4.79 Å². The highest BCUT2D eigenvalue weighted by atomic mass is 35.5. The monoisotopic (exact) mass is 368 g/mol. The van der Waals surface area contributed by atoms with E-state index in [1.807, 2.05) is 24.3 Å². The van der Waals surface area contributed by atoms with Gasteiger partial charge in [0.15, 0.2) is 5.78 Å². The molecular formula is C21H21ClO2Si. The molecule has 0 N–H and O–H groups in total.